The van der Waals surface area contributed by atoms with Gasteiger partial charge in [-0.3, -0.25) is 4.79 Å². The van der Waals surface area contributed by atoms with Crippen LogP contribution in [0, 0.1) is 0 Å². The normalized spacial score (nSPS) is 17.5. The zero-order valence-corrected chi connectivity index (χ0v) is 13.7. The monoisotopic (exact) mass is 313 g/mol. The Morgan fingerprint density at radius 3 is 2.90 bits per heavy atom. The van der Waals surface area contributed by atoms with E-state index >= 15 is 0 Å². The van der Waals surface area contributed by atoms with Crippen LogP contribution in [0.2, 0.25) is 0 Å². The van der Waals surface area contributed by atoms with Crippen molar-refractivity contribution in [3.63, 3.8) is 0 Å². The van der Waals surface area contributed by atoms with Crippen molar-refractivity contribution in [2.24, 2.45) is 0 Å². The van der Waals surface area contributed by atoms with E-state index in [1.165, 1.54) is 11.8 Å². The quantitative estimate of drug-likeness (QED) is 0.545. The fourth-order valence-corrected chi connectivity index (χ4v) is 2.96. The molecule has 8 heteroatoms. The van der Waals surface area contributed by atoms with Gasteiger partial charge in [0.1, 0.15) is 5.54 Å². The zero-order chi connectivity index (χ0) is 15.3. The van der Waals surface area contributed by atoms with E-state index in [0.717, 1.165) is 31.0 Å². The summed E-state index contributed by atoms with van der Waals surface area (Å²) in [5.74, 6) is 0.315. The first-order valence-corrected chi connectivity index (χ1v) is 8.42. The lowest BCUT2D eigenvalue weighted by Crippen LogP contribution is -2.53. The van der Waals surface area contributed by atoms with Crippen molar-refractivity contribution in [2.45, 2.75) is 56.8 Å². The maximum Gasteiger partial charge on any atom is 0.326 e. The van der Waals surface area contributed by atoms with Crippen LogP contribution in [0.15, 0.2) is 5.16 Å². The van der Waals surface area contributed by atoms with Crippen LogP contribution in [0.3, 0.4) is 0 Å². The molecule has 2 rings (SSSR count). The average molecular weight is 313 g/mol. The molecule has 7 nitrogen and oxygen atoms in total. The molecular weight excluding hydrogens is 290 g/mol. The molecule has 0 aliphatic heterocycles. The summed E-state index contributed by atoms with van der Waals surface area (Å²) >= 11 is 1.50. The van der Waals surface area contributed by atoms with E-state index in [4.69, 9.17) is 4.74 Å². The molecule has 1 heterocycles. The van der Waals surface area contributed by atoms with Gasteiger partial charge in [-0.2, -0.15) is 0 Å². The average Bonchev–Trinajstić information content (AvgIpc) is 3.22. The van der Waals surface area contributed by atoms with Crippen molar-refractivity contribution in [1.29, 1.82) is 0 Å². The number of aromatic nitrogens is 4. The molecule has 1 N–H and O–H groups in total. The smallest absolute Gasteiger partial charge is 0.326 e. The van der Waals surface area contributed by atoms with Crippen molar-refractivity contribution in [3.05, 3.63) is 0 Å². The van der Waals surface area contributed by atoms with Crippen molar-refractivity contribution >= 4 is 17.7 Å². The summed E-state index contributed by atoms with van der Waals surface area (Å²) in [6.07, 6.45) is 3.21. The number of nitrogens with one attached hydrogen (secondary N) is 1. The second kappa shape index (κ2) is 7.22. The summed E-state index contributed by atoms with van der Waals surface area (Å²) in [7, 11) is 0. The maximum absolute atomic E-state index is 12.2. The predicted molar refractivity (Wildman–Crippen MR) is 80.1 cm³/mol. The van der Waals surface area contributed by atoms with E-state index in [-0.39, 0.29) is 5.97 Å². The topological polar surface area (TPSA) is 81.9 Å². The third-order valence-corrected chi connectivity index (χ3v) is 4.59. The molecule has 0 aromatic carbocycles. The van der Waals surface area contributed by atoms with E-state index in [2.05, 4.69) is 27.8 Å². The van der Waals surface area contributed by atoms with Gasteiger partial charge >= 0.3 is 5.97 Å². The third-order valence-electron chi connectivity index (χ3n) is 3.34. The van der Waals surface area contributed by atoms with Gasteiger partial charge in [0.05, 0.1) is 12.6 Å². The van der Waals surface area contributed by atoms with Crippen LogP contribution < -0.4 is 5.32 Å². The van der Waals surface area contributed by atoms with Gasteiger partial charge in [-0.15, -0.1) is 5.10 Å². The van der Waals surface area contributed by atoms with E-state index < -0.39 is 5.54 Å². The molecule has 1 aromatic heterocycles. The molecule has 0 amide bonds. The first-order chi connectivity index (χ1) is 10.1. The van der Waals surface area contributed by atoms with Gasteiger partial charge < -0.3 is 10.1 Å². The molecule has 0 radical (unpaired) electrons. The summed E-state index contributed by atoms with van der Waals surface area (Å²) in [5, 5.41) is 15.9. The number of hydrogen-bond acceptors (Lipinski definition) is 7. The molecule has 1 saturated carbocycles. The van der Waals surface area contributed by atoms with Crippen LogP contribution >= 0.6 is 11.8 Å². The van der Waals surface area contributed by atoms with Crippen LogP contribution in [-0.4, -0.2) is 50.6 Å². The lowest BCUT2D eigenvalue weighted by Gasteiger charge is -2.27. The number of thioether (sulfide) groups is 1. The van der Waals surface area contributed by atoms with Crippen LogP contribution in [0.4, 0.5) is 0 Å². The van der Waals surface area contributed by atoms with Gasteiger partial charge in [-0.05, 0) is 50.1 Å². The molecule has 1 aliphatic rings. The highest BCUT2D eigenvalue weighted by atomic mass is 32.2. The first-order valence-electron chi connectivity index (χ1n) is 7.43. The predicted octanol–water partition coefficient (Wildman–Crippen LogP) is 1.42. The highest BCUT2D eigenvalue weighted by molar-refractivity contribution is 7.99. The summed E-state index contributed by atoms with van der Waals surface area (Å²) in [6, 6.07) is 0.431. The Bertz CT molecular complexity index is 477. The third kappa shape index (κ3) is 4.16. The summed E-state index contributed by atoms with van der Waals surface area (Å²) < 4.78 is 7.05. The molecule has 0 saturated heterocycles. The highest BCUT2D eigenvalue weighted by Crippen LogP contribution is 2.36. The number of tetrazole rings is 1. The number of nitrogens with zero attached hydrogens (tertiary/aromatic N) is 4. The van der Waals surface area contributed by atoms with Gasteiger partial charge in [0, 0.05) is 5.75 Å². The van der Waals surface area contributed by atoms with Gasteiger partial charge in [0.25, 0.3) is 0 Å². The van der Waals surface area contributed by atoms with Crippen molar-refractivity contribution in [2.75, 3.05) is 18.9 Å². The minimum atomic E-state index is -0.725. The molecule has 118 valence electrons. The largest absolute Gasteiger partial charge is 0.465 e. The van der Waals surface area contributed by atoms with Gasteiger partial charge in [0.15, 0.2) is 0 Å². The van der Waals surface area contributed by atoms with E-state index in [9.17, 15) is 4.79 Å². The Kier molecular flexibility index (Phi) is 5.58. The molecule has 0 bridgehead atoms. The lowest BCUT2D eigenvalue weighted by atomic mass is 10.1. The Hall–Kier alpha value is -1.15. The number of ether oxygens (including phenoxy) is 1. The number of esters is 1. The molecule has 0 spiro atoms. The molecule has 1 aliphatic carbocycles. The lowest BCUT2D eigenvalue weighted by molar-refractivity contribution is -0.149. The van der Waals surface area contributed by atoms with Crippen LogP contribution in [0.1, 0.15) is 46.1 Å². The first kappa shape index (κ1) is 16.2. The fraction of sp³-hybridized carbons (Fsp3) is 0.846. The van der Waals surface area contributed by atoms with E-state index in [1.807, 2.05) is 18.5 Å². The second-order valence-electron chi connectivity index (χ2n) is 5.41. The Labute approximate surface area is 129 Å². The zero-order valence-electron chi connectivity index (χ0n) is 12.8. The fourth-order valence-electron chi connectivity index (χ4n) is 1.91. The Morgan fingerprint density at radius 2 is 2.29 bits per heavy atom. The van der Waals surface area contributed by atoms with E-state index in [0.29, 0.717) is 18.4 Å². The van der Waals surface area contributed by atoms with Crippen LogP contribution in [-0.2, 0) is 9.53 Å². The Morgan fingerprint density at radius 1 is 1.52 bits per heavy atom. The van der Waals surface area contributed by atoms with Gasteiger partial charge in [-0.25, -0.2) is 4.68 Å². The molecular formula is C13H23N5O2S. The highest BCUT2D eigenvalue weighted by Gasteiger charge is 2.36. The maximum atomic E-state index is 12.2. The molecule has 1 aromatic rings. The Balaban J connectivity index is 2.00. The van der Waals surface area contributed by atoms with E-state index in [1.54, 1.807) is 0 Å². The number of rotatable bonds is 9. The SMILES string of the molecule is CCCNC(C)(CSc1nnnn1C1CC1)C(=O)OCC. The van der Waals surface area contributed by atoms with Crippen molar-refractivity contribution in [3.8, 4) is 0 Å². The number of hydrogen-bond donors (Lipinski definition) is 1. The summed E-state index contributed by atoms with van der Waals surface area (Å²) in [5.41, 5.74) is -0.725. The summed E-state index contributed by atoms with van der Waals surface area (Å²) in [4.78, 5) is 12.2. The van der Waals surface area contributed by atoms with Crippen LogP contribution in [0.5, 0.6) is 0 Å². The van der Waals surface area contributed by atoms with Crippen molar-refractivity contribution < 1.29 is 9.53 Å². The minimum Gasteiger partial charge on any atom is -0.465 e. The minimum absolute atomic E-state index is 0.226. The number of carbonyl (C=O) groups excluding carboxylic acids is 1. The van der Waals surface area contributed by atoms with Gasteiger partial charge in [0.2, 0.25) is 5.16 Å². The standard InChI is InChI=1S/C13H23N5O2S/c1-4-8-14-13(3,11(19)20-5-2)9-21-12-15-16-17-18(12)10-6-7-10/h10,14H,4-9H2,1-3H3. The van der Waals surface area contributed by atoms with Gasteiger partial charge in [-0.1, -0.05) is 18.7 Å². The number of carbonyl (C=O) groups is 1. The molecule has 1 unspecified atom stereocenters. The molecule has 21 heavy (non-hydrogen) atoms. The molecule has 1 atom stereocenters. The molecule has 1 fully saturated rings. The second-order valence-corrected chi connectivity index (χ2v) is 6.35. The van der Waals surface area contributed by atoms with Crippen LogP contribution in [0.25, 0.3) is 0 Å². The van der Waals surface area contributed by atoms with Crippen molar-refractivity contribution in [1.82, 2.24) is 25.5 Å². The summed E-state index contributed by atoms with van der Waals surface area (Å²) in [6.45, 7) is 6.91.